The Kier molecular flexibility index (Phi) is 11.6. The number of hydrogen-bond donors (Lipinski definition) is 0. The third-order valence-electron chi connectivity index (χ3n) is 7.75. The highest BCUT2D eigenvalue weighted by atomic mass is 32.2. The van der Waals surface area contributed by atoms with Crippen molar-refractivity contribution in [3.63, 3.8) is 0 Å². The lowest BCUT2D eigenvalue weighted by Gasteiger charge is -2.28. The van der Waals surface area contributed by atoms with E-state index in [1.807, 2.05) is 60.7 Å². The molecular weight excluding hydrogens is 664 g/mol. The van der Waals surface area contributed by atoms with E-state index in [4.69, 9.17) is 13.7 Å². The van der Waals surface area contributed by atoms with E-state index in [-0.39, 0.29) is 37.2 Å². The molecule has 0 saturated carbocycles. The van der Waals surface area contributed by atoms with Crippen LogP contribution in [0.1, 0.15) is 22.6 Å². The van der Waals surface area contributed by atoms with Crippen molar-refractivity contribution in [2.75, 3.05) is 12.9 Å². The first-order chi connectivity index (χ1) is 23.4. The SMILES string of the molecule is C[Si](C)(C)CCOCn1cc(OCc2ccccc2)c(=O)c(-c2nccn2C[C@H](OS(C)(=O)=O)[C@H](c2ccccc2)c2ccc(F)cc2)n1. The fourth-order valence-electron chi connectivity index (χ4n) is 5.34. The number of nitrogens with zero attached hydrogens (tertiary/aromatic N) is 4. The zero-order valence-corrected chi connectivity index (χ0v) is 29.8. The van der Waals surface area contributed by atoms with E-state index in [2.05, 4.69) is 29.7 Å². The molecule has 5 aromatic rings. The van der Waals surface area contributed by atoms with E-state index in [1.165, 1.54) is 29.2 Å². The van der Waals surface area contributed by atoms with Gasteiger partial charge in [0.1, 0.15) is 25.3 Å². The van der Waals surface area contributed by atoms with Crippen LogP contribution in [0.3, 0.4) is 0 Å². The molecule has 0 saturated heterocycles. The first kappa shape index (κ1) is 35.9. The summed E-state index contributed by atoms with van der Waals surface area (Å²) in [6, 6.07) is 25.6. The van der Waals surface area contributed by atoms with Gasteiger partial charge in [-0.3, -0.25) is 8.98 Å². The Balaban J connectivity index is 1.54. The number of aromatic nitrogens is 4. The Morgan fingerprint density at radius 1 is 0.918 bits per heavy atom. The average molecular weight is 705 g/mol. The molecular formula is C36H41FN4O6SSi. The molecule has 3 aromatic carbocycles. The lowest BCUT2D eigenvalue weighted by Crippen LogP contribution is -2.31. The maximum atomic E-state index is 14.0. The van der Waals surface area contributed by atoms with Gasteiger partial charge in [0.2, 0.25) is 0 Å². The van der Waals surface area contributed by atoms with E-state index in [1.54, 1.807) is 22.9 Å². The monoisotopic (exact) mass is 704 g/mol. The number of imidazole rings is 1. The maximum Gasteiger partial charge on any atom is 0.264 e. The van der Waals surface area contributed by atoms with Crippen LogP contribution >= 0.6 is 0 Å². The van der Waals surface area contributed by atoms with Crippen molar-refractivity contribution in [1.29, 1.82) is 0 Å². The Morgan fingerprint density at radius 3 is 2.22 bits per heavy atom. The van der Waals surface area contributed by atoms with Gasteiger partial charge in [0.05, 0.1) is 19.0 Å². The third kappa shape index (κ3) is 10.3. The second-order valence-corrected chi connectivity index (χ2v) is 20.2. The van der Waals surface area contributed by atoms with Gasteiger partial charge in [-0.15, -0.1) is 0 Å². The first-order valence-electron chi connectivity index (χ1n) is 15.9. The van der Waals surface area contributed by atoms with Crippen molar-refractivity contribution in [2.45, 2.75) is 57.6 Å². The topological polar surface area (TPSA) is 115 Å². The van der Waals surface area contributed by atoms with Gasteiger partial charge in [-0.05, 0) is 34.9 Å². The van der Waals surface area contributed by atoms with Crippen LogP contribution in [0.4, 0.5) is 4.39 Å². The summed E-state index contributed by atoms with van der Waals surface area (Å²) in [6.45, 7) is 7.54. The van der Waals surface area contributed by atoms with Gasteiger partial charge in [-0.25, -0.2) is 14.1 Å². The molecule has 0 aliphatic carbocycles. The molecule has 0 radical (unpaired) electrons. The van der Waals surface area contributed by atoms with Crippen LogP contribution in [0.25, 0.3) is 11.5 Å². The molecule has 2 heterocycles. The van der Waals surface area contributed by atoms with Crippen molar-refractivity contribution in [3.05, 3.63) is 136 Å². The molecule has 0 fully saturated rings. The maximum absolute atomic E-state index is 14.0. The highest BCUT2D eigenvalue weighted by Crippen LogP contribution is 2.33. The second kappa shape index (κ2) is 15.9. The van der Waals surface area contributed by atoms with Crippen LogP contribution in [0, 0.1) is 5.82 Å². The summed E-state index contributed by atoms with van der Waals surface area (Å²) in [5.74, 6) is -0.792. The quantitative estimate of drug-likeness (QED) is 0.0667. The van der Waals surface area contributed by atoms with E-state index in [9.17, 15) is 17.6 Å². The van der Waals surface area contributed by atoms with Crippen molar-refractivity contribution in [3.8, 4) is 17.3 Å². The van der Waals surface area contributed by atoms with Crippen LogP contribution in [-0.2, 0) is 38.9 Å². The van der Waals surface area contributed by atoms with Gasteiger partial charge in [-0.1, -0.05) is 92.4 Å². The lowest BCUT2D eigenvalue weighted by molar-refractivity contribution is 0.0766. The minimum atomic E-state index is -3.97. The summed E-state index contributed by atoms with van der Waals surface area (Å²) in [5, 5.41) is 4.60. The largest absolute Gasteiger partial charge is 0.483 e. The molecule has 10 nitrogen and oxygen atoms in total. The molecule has 0 aliphatic heterocycles. The van der Waals surface area contributed by atoms with Gasteiger partial charge in [-0.2, -0.15) is 13.5 Å². The van der Waals surface area contributed by atoms with Crippen molar-refractivity contribution < 1.29 is 26.5 Å². The Hall–Kier alpha value is -4.43. The number of benzene rings is 3. The molecule has 0 amide bonds. The fraction of sp³-hybridized carbons (Fsp3) is 0.306. The Bertz CT molecular complexity index is 1980. The average Bonchev–Trinajstić information content (AvgIpc) is 3.51. The van der Waals surface area contributed by atoms with Gasteiger partial charge >= 0.3 is 0 Å². The van der Waals surface area contributed by atoms with Crippen molar-refractivity contribution >= 4 is 18.2 Å². The van der Waals surface area contributed by atoms with Crippen LogP contribution < -0.4 is 10.2 Å². The fourth-order valence-corrected chi connectivity index (χ4v) is 6.71. The Morgan fingerprint density at radius 2 is 1.57 bits per heavy atom. The van der Waals surface area contributed by atoms with E-state index in [0.717, 1.165) is 23.4 Å². The second-order valence-electron chi connectivity index (χ2n) is 13.0. The predicted octanol–water partition coefficient (Wildman–Crippen LogP) is 6.31. The van der Waals surface area contributed by atoms with Crippen LogP contribution in [0.5, 0.6) is 5.75 Å². The minimum absolute atomic E-state index is 0.000469. The summed E-state index contributed by atoms with van der Waals surface area (Å²) >= 11 is 0. The standard InChI is InChI=1S/C36H41FN4O6SSi/c1-48(43,44)47-31(33(28-13-9-6-10-14-28)29-15-17-30(37)18-16-29)23-40-20-19-38-36(40)34-35(42)32(46-25-27-11-7-5-8-12-27)24-41(39-34)26-45-21-22-49(2,3)4/h5-20,24,31,33H,21-23,25-26H2,1-4H3/t31-,33+/m0/s1. The van der Waals surface area contributed by atoms with Crippen molar-refractivity contribution in [1.82, 2.24) is 19.3 Å². The lowest BCUT2D eigenvalue weighted by atomic mass is 9.86. The zero-order valence-electron chi connectivity index (χ0n) is 28.0. The molecule has 0 unspecified atom stereocenters. The molecule has 2 aromatic heterocycles. The zero-order chi connectivity index (χ0) is 35.0. The minimum Gasteiger partial charge on any atom is -0.483 e. The molecule has 5 rings (SSSR count). The van der Waals surface area contributed by atoms with E-state index < -0.39 is 41.5 Å². The number of halogens is 1. The highest BCUT2D eigenvalue weighted by molar-refractivity contribution is 7.86. The summed E-state index contributed by atoms with van der Waals surface area (Å²) in [4.78, 5) is 18.4. The molecule has 0 bridgehead atoms. The summed E-state index contributed by atoms with van der Waals surface area (Å²) in [6.07, 6.45) is 4.63. The third-order valence-corrected chi connectivity index (χ3v) is 10.1. The van der Waals surface area contributed by atoms with Gasteiger partial charge in [0.15, 0.2) is 17.3 Å². The van der Waals surface area contributed by atoms with Crippen LogP contribution in [-0.4, -0.2) is 54.8 Å². The van der Waals surface area contributed by atoms with E-state index >= 15 is 0 Å². The predicted molar refractivity (Wildman–Crippen MR) is 189 cm³/mol. The molecule has 13 heteroatoms. The number of ether oxygens (including phenoxy) is 2. The molecule has 0 N–H and O–H groups in total. The normalized spacial score (nSPS) is 13.2. The number of rotatable bonds is 16. The number of hydrogen-bond acceptors (Lipinski definition) is 8. The first-order valence-corrected chi connectivity index (χ1v) is 21.4. The molecule has 2 atom stereocenters. The molecule has 258 valence electrons. The molecule has 49 heavy (non-hydrogen) atoms. The van der Waals surface area contributed by atoms with Crippen LogP contribution in [0.2, 0.25) is 25.7 Å². The summed E-state index contributed by atoms with van der Waals surface area (Å²) < 4.78 is 60.2. The van der Waals surface area contributed by atoms with Gasteiger partial charge < -0.3 is 14.0 Å². The molecule has 0 aliphatic rings. The summed E-state index contributed by atoms with van der Waals surface area (Å²) in [7, 11) is -5.31. The summed E-state index contributed by atoms with van der Waals surface area (Å²) in [5.41, 5.74) is 1.81. The molecule has 0 spiro atoms. The van der Waals surface area contributed by atoms with Crippen molar-refractivity contribution in [2.24, 2.45) is 0 Å². The van der Waals surface area contributed by atoms with Gasteiger partial charge in [0, 0.05) is 33.0 Å². The van der Waals surface area contributed by atoms with Gasteiger partial charge in [0.25, 0.3) is 15.5 Å². The van der Waals surface area contributed by atoms with E-state index in [0.29, 0.717) is 12.2 Å². The van der Waals surface area contributed by atoms with Crippen LogP contribution in [0.15, 0.2) is 108 Å². The Labute approximate surface area is 287 Å². The highest BCUT2D eigenvalue weighted by Gasteiger charge is 2.31. The smallest absolute Gasteiger partial charge is 0.264 e.